The number of carbonyl (C=O) groups excluding carboxylic acids is 2. The van der Waals surface area contributed by atoms with Crippen molar-refractivity contribution in [1.82, 2.24) is 0 Å². The van der Waals surface area contributed by atoms with Crippen molar-refractivity contribution in [2.45, 2.75) is 12.3 Å². The Bertz CT molecular complexity index is 1280. The molecule has 0 saturated carbocycles. The van der Waals surface area contributed by atoms with Gasteiger partial charge in [-0.25, -0.2) is 0 Å². The van der Waals surface area contributed by atoms with E-state index in [9.17, 15) is 19.5 Å². The van der Waals surface area contributed by atoms with E-state index in [1.807, 2.05) is 18.2 Å². The lowest BCUT2D eigenvalue weighted by Crippen LogP contribution is -2.15. The van der Waals surface area contributed by atoms with Crippen LogP contribution in [0.3, 0.4) is 0 Å². The van der Waals surface area contributed by atoms with Crippen LogP contribution in [-0.2, 0) is 9.59 Å². The van der Waals surface area contributed by atoms with Crippen molar-refractivity contribution in [2.24, 2.45) is 0 Å². The lowest BCUT2D eigenvalue weighted by Gasteiger charge is -2.13. The molecule has 6 nitrogen and oxygen atoms in total. The maximum atomic E-state index is 12.7. The lowest BCUT2D eigenvalue weighted by atomic mass is 9.93. The van der Waals surface area contributed by atoms with Crippen molar-refractivity contribution < 1.29 is 23.9 Å². The minimum Gasteiger partial charge on any atom is -0.481 e. The molecule has 3 aromatic carbocycles. The standard InChI is InChI=1S/C23H16ClNO5/c24-14-7-5-13(6-8-14)22(27)25-15-11-18-16-3-1-2-4-20(16)30-21(18)19(12-15)17(9-10-26)23(28)29/h1-8,10-12,17H,9H2,(H,25,27)(H,28,29). The predicted octanol–water partition coefficient (Wildman–Crippen LogP) is 5.25. The van der Waals surface area contributed by atoms with E-state index in [-0.39, 0.29) is 12.3 Å². The summed E-state index contributed by atoms with van der Waals surface area (Å²) in [7, 11) is 0. The highest BCUT2D eigenvalue weighted by atomic mass is 35.5. The number of carbonyl (C=O) groups is 3. The minimum atomic E-state index is -1.15. The molecular weight excluding hydrogens is 406 g/mol. The molecule has 1 unspecified atom stereocenters. The summed E-state index contributed by atoms with van der Waals surface area (Å²) in [5, 5.41) is 14.4. The summed E-state index contributed by atoms with van der Waals surface area (Å²) in [6.07, 6.45) is 0.350. The molecule has 0 aliphatic heterocycles. The Morgan fingerprint density at radius 1 is 1.07 bits per heavy atom. The van der Waals surface area contributed by atoms with Gasteiger partial charge in [-0.05, 0) is 42.5 Å². The molecule has 1 heterocycles. The Labute approximate surface area is 176 Å². The number of para-hydroxylation sites is 1. The number of aliphatic carboxylic acids is 1. The van der Waals surface area contributed by atoms with E-state index < -0.39 is 11.9 Å². The molecule has 30 heavy (non-hydrogen) atoms. The van der Waals surface area contributed by atoms with E-state index in [1.54, 1.807) is 42.5 Å². The van der Waals surface area contributed by atoms with E-state index >= 15 is 0 Å². The first-order valence-electron chi connectivity index (χ1n) is 9.16. The first kappa shape index (κ1) is 19.7. The number of aldehydes is 1. The first-order valence-corrected chi connectivity index (χ1v) is 9.54. The lowest BCUT2D eigenvalue weighted by molar-refractivity contribution is -0.139. The number of furan rings is 1. The van der Waals surface area contributed by atoms with Gasteiger partial charge in [-0.2, -0.15) is 0 Å². The van der Waals surface area contributed by atoms with Crippen LogP contribution in [0.25, 0.3) is 21.9 Å². The Balaban J connectivity index is 1.86. The van der Waals surface area contributed by atoms with Crippen molar-refractivity contribution in [1.29, 1.82) is 0 Å². The molecule has 4 aromatic rings. The molecule has 1 amide bonds. The topological polar surface area (TPSA) is 96.6 Å². The van der Waals surface area contributed by atoms with E-state index in [2.05, 4.69) is 5.32 Å². The molecular formula is C23H16ClNO5. The molecule has 7 heteroatoms. The Kier molecular flexibility index (Phi) is 5.25. The molecule has 0 saturated heterocycles. The number of anilines is 1. The van der Waals surface area contributed by atoms with Gasteiger partial charge in [0.15, 0.2) is 0 Å². The maximum absolute atomic E-state index is 12.7. The zero-order chi connectivity index (χ0) is 21.3. The van der Waals surface area contributed by atoms with Crippen molar-refractivity contribution in [3.8, 4) is 0 Å². The van der Waals surface area contributed by atoms with Crippen LogP contribution >= 0.6 is 11.6 Å². The molecule has 0 radical (unpaired) electrons. The smallest absolute Gasteiger partial charge is 0.311 e. The highest BCUT2D eigenvalue weighted by Crippen LogP contribution is 2.37. The third-order valence-corrected chi connectivity index (χ3v) is 5.13. The van der Waals surface area contributed by atoms with Crippen LogP contribution in [0.4, 0.5) is 5.69 Å². The second kappa shape index (κ2) is 8.00. The number of hydrogen-bond acceptors (Lipinski definition) is 4. The van der Waals surface area contributed by atoms with Crippen LogP contribution in [0.1, 0.15) is 28.3 Å². The van der Waals surface area contributed by atoms with Gasteiger partial charge in [0, 0.05) is 39.0 Å². The summed E-state index contributed by atoms with van der Waals surface area (Å²) in [6.45, 7) is 0. The number of nitrogens with one attached hydrogen (secondary N) is 1. The summed E-state index contributed by atoms with van der Waals surface area (Å²) < 4.78 is 5.91. The molecule has 150 valence electrons. The van der Waals surface area contributed by atoms with Crippen molar-refractivity contribution in [3.63, 3.8) is 0 Å². The van der Waals surface area contributed by atoms with E-state index in [1.165, 1.54) is 0 Å². The van der Waals surface area contributed by atoms with Crippen LogP contribution < -0.4 is 5.32 Å². The zero-order valence-corrected chi connectivity index (χ0v) is 16.3. The Morgan fingerprint density at radius 3 is 2.50 bits per heavy atom. The van der Waals surface area contributed by atoms with Gasteiger partial charge in [-0.3, -0.25) is 9.59 Å². The van der Waals surface area contributed by atoms with Gasteiger partial charge in [0.2, 0.25) is 0 Å². The Morgan fingerprint density at radius 2 is 1.80 bits per heavy atom. The number of halogens is 1. The van der Waals surface area contributed by atoms with Gasteiger partial charge >= 0.3 is 5.97 Å². The molecule has 1 aromatic heterocycles. The molecule has 0 aliphatic carbocycles. The number of carboxylic acids is 1. The monoisotopic (exact) mass is 421 g/mol. The summed E-state index contributed by atoms with van der Waals surface area (Å²) in [5.74, 6) is -2.62. The predicted molar refractivity (Wildman–Crippen MR) is 114 cm³/mol. The summed E-state index contributed by atoms with van der Waals surface area (Å²) in [6, 6.07) is 17.0. The van der Waals surface area contributed by atoms with Gasteiger partial charge in [-0.1, -0.05) is 29.8 Å². The number of hydrogen-bond donors (Lipinski definition) is 2. The summed E-state index contributed by atoms with van der Waals surface area (Å²) in [5.41, 5.74) is 2.11. The van der Waals surface area contributed by atoms with Crippen LogP contribution in [0.2, 0.25) is 5.02 Å². The fourth-order valence-corrected chi connectivity index (χ4v) is 3.57. The fraction of sp³-hybridized carbons (Fsp3) is 0.0870. The number of carboxylic acid groups (broad SMARTS) is 1. The second-order valence-corrected chi connectivity index (χ2v) is 7.23. The largest absolute Gasteiger partial charge is 0.481 e. The van der Waals surface area contributed by atoms with Crippen LogP contribution in [0.15, 0.2) is 65.1 Å². The highest BCUT2D eigenvalue weighted by molar-refractivity contribution is 6.30. The number of rotatable bonds is 6. The first-order chi connectivity index (χ1) is 14.5. The summed E-state index contributed by atoms with van der Waals surface area (Å²) >= 11 is 5.87. The van der Waals surface area contributed by atoms with E-state index in [4.69, 9.17) is 16.0 Å². The number of benzene rings is 3. The van der Waals surface area contributed by atoms with Crippen molar-refractivity contribution in [3.05, 3.63) is 76.8 Å². The van der Waals surface area contributed by atoms with Gasteiger partial charge in [-0.15, -0.1) is 0 Å². The van der Waals surface area contributed by atoms with Gasteiger partial charge < -0.3 is 19.6 Å². The molecule has 0 fully saturated rings. The molecule has 4 rings (SSSR count). The van der Waals surface area contributed by atoms with Gasteiger partial charge in [0.25, 0.3) is 5.91 Å². The normalized spacial score (nSPS) is 12.0. The van der Waals surface area contributed by atoms with Crippen LogP contribution in [0.5, 0.6) is 0 Å². The fourth-order valence-electron chi connectivity index (χ4n) is 3.45. The van der Waals surface area contributed by atoms with Crippen LogP contribution in [0, 0.1) is 0 Å². The van der Waals surface area contributed by atoms with Crippen LogP contribution in [-0.4, -0.2) is 23.3 Å². The third kappa shape index (κ3) is 3.65. The average Bonchev–Trinajstić information content (AvgIpc) is 3.10. The molecule has 2 N–H and O–H groups in total. The van der Waals surface area contributed by atoms with Gasteiger partial charge in [0.05, 0.1) is 5.92 Å². The maximum Gasteiger partial charge on any atom is 0.311 e. The summed E-state index contributed by atoms with van der Waals surface area (Å²) in [4.78, 5) is 35.6. The average molecular weight is 422 g/mol. The highest BCUT2D eigenvalue weighted by Gasteiger charge is 2.25. The van der Waals surface area contributed by atoms with Crippen molar-refractivity contribution in [2.75, 3.05) is 5.32 Å². The SMILES string of the molecule is O=CCC(C(=O)O)c1cc(NC(=O)c2ccc(Cl)cc2)cc2c1oc1ccccc12. The van der Waals surface area contributed by atoms with E-state index in [0.29, 0.717) is 44.7 Å². The van der Waals surface area contributed by atoms with Crippen molar-refractivity contribution >= 4 is 57.4 Å². The number of amides is 1. The minimum absolute atomic E-state index is 0.212. The molecule has 0 aliphatic rings. The van der Waals surface area contributed by atoms with E-state index in [0.717, 1.165) is 5.39 Å². The number of fused-ring (bicyclic) bond motifs is 3. The second-order valence-electron chi connectivity index (χ2n) is 6.79. The quantitative estimate of drug-likeness (QED) is 0.414. The molecule has 0 bridgehead atoms. The van der Waals surface area contributed by atoms with Gasteiger partial charge in [0.1, 0.15) is 17.5 Å². The molecule has 1 atom stereocenters. The Hall–Kier alpha value is -3.64. The third-order valence-electron chi connectivity index (χ3n) is 4.88. The molecule has 0 spiro atoms. The zero-order valence-electron chi connectivity index (χ0n) is 15.6.